The zero-order chi connectivity index (χ0) is 14.5. The maximum atomic E-state index is 5.66. The Morgan fingerprint density at radius 3 is 2.86 bits per heavy atom. The molecule has 0 bridgehead atoms. The van der Waals surface area contributed by atoms with Crippen molar-refractivity contribution in [1.29, 1.82) is 0 Å². The molecule has 1 fully saturated rings. The average Bonchev–Trinajstić information content (AvgIpc) is 2.56. The van der Waals surface area contributed by atoms with Gasteiger partial charge in [-0.3, -0.25) is 0 Å². The average molecular weight is 285 g/mol. The second-order valence-electron chi connectivity index (χ2n) is 4.89. The zero-order valence-electron chi connectivity index (χ0n) is 11.8. The van der Waals surface area contributed by atoms with E-state index in [0.29, 0.717) is 6.54 Å². The molecule has 21 heavy (non-hydrogen) atoms. The minimum absolute atomic E-state index is 0.526. The summed E-state index contributed by atoms with van der Waals surface area (Å²) < 4.78 is 5.36. The summed E-state index contributed by atoms with van der Waals surface area (Å²) in [6.07, 6.45) is 1.58. The van der Waals surface area contributed by atoms with Gasteiger partial charge in [0, 0.05) is 31.4 Å². The topological polar surface area (TPSA) is 76.3 Å². The van der Waals surface area contributed by atoms with Crippen LogP contribution in [0.5, 0.6) is 0 Å². The van der Waals surface area contributed by atoms with Crippen LogP contribution >= 0.6 is 0 Å². The van der Waals surface area contributed by atoms with E-state index >= 15 is 0 Å². The Morgan fingerprint density at radius 2 is 2.05 bits per heavy atom. The van der Waals surface area contributed by atoms with Gasteiger partial charge in [0.2, 0.25) is 0 Å². The number of ether oxygens (including phenoxy) is 1. The third kappa shape index (κ3) is 3.48. The van der Waals surface area contributed by atoms with Gasteiger partial charge < -0.3 is 20.7 Å². The quantitative estimate of drug-likeness (QED) is 0.887. The molecular formula is C15H19N5O. The van der Waals surface area contributed by atoms with Crippen molar-refractivity contribution in [3.8, 4) is 0 Å². The predicted molar refractivity (Wildman–Crippen MR) is 82.7 cm³/mol. The molecule has 0 amide bonds. The Balaban J connectivity index is 1.76. The third-order valence-electron chi connectivity index (χ3n) is 3.42. The van der Waals surface area contributed by atoms with Gasteiger partial charge in [-0.25, -0.2) is 9.97 Å². The molecule has 0 radical (unpaired) electrons. The smallest absolute Gasteiger partial charge is 0.135 e. The summed E-state index contributed by atoms with van der Waals surface area (Å²) in [4.78, 5) is 10.8. The van der Waals surface area contributed by atoms with Crippen molar-refractivity contribution in [2.24, 2.45) is 5.73 Å². The Labute approximate surface area is 124 Å². The van der Waals surface area contributed by atoms with E-state index in [0.717, 1.165) is 49.2 Å². The van der Waals surface area contributed by atoms with Crippen LogP contribution in [0.2, 0.25) is 0 Å². The molecule has 6 heteroatoms. The first-order chi connectivity index (χ1) is 10.3. The monoisotopic (exact) mass is 285 g/mol. The minimum atomic E-state index is 0.526. The van der Waals surface area contributed by atoms with Crippen LogP contribution in [-0.2, 0) is 11.3 Å². The van der Waals surface area contributed by atoms with Crippen LogP contribution in [0, 0.1) is 0 Å². The molecule has 1 aromatic carbocycles. The molecule has 1 aliphatic rings. The second kappa shape index (κ2) is 6.51. The number of anilines is 3. The number of hydrogen-bond donors (Lipinski definition) is 2. The van der Waals surface area contributed by atoms with Crippen LogP contribution in [0.25, 0.3) is 0 Å². The number of rotatable bonds is 4. The first-order valence-electron chi connectivity index (χ1n) is 7.06. The fourth-order valence-electron chi connectivity index (χ4n) is 2.30. The number of nitrogens with two attached hydrogens (primary N) is 1. The van der Waals surface area contributed by atoms with E-state index in [1.807, 2.05) is 30.3 Å². The maximum Gasteiger partial charge on any atom is 0.135 e. The molecule has 0 atom stereocenters. The maximum absolute atomic E-state index is 5.66. The third-order valence-corrected chi connectivity index (χ3v) is 3.42. The van der Waals surface area contributed by atoms with E-state index in [1.165, 1.54) is 0 Å². The molecule has 1 aliphatic heterocycles. The first-order valence-corrected chi connectivity index (χ1v) is 7.06. The van der Waals surface area contributed by atoms with E-state index in [2.05, 4.69) is 20.2 Å². The molecule has 3 N–H and O–H groups in total. The van der Waals surface area contributed by atoms with E-state index in [-0.39, 0.29) is 0 Å². The normalized spacial score (nSPS) is 15.0. The molecule has 0 saturated carbocycles. The molecule has 3 rings (SSSR count). The van der Waals surface area contributed by atoms with Gasteiger partial charge in [-0.15, -0.1) is 0 Å². The highest BCUT2D eigenvalue weighted by molar-refractivity contribution is 5.60. The lowest BCUT2D eigenvalue weighted by Crippen LogP contribution is -2.36. The molecule has 2 heterocycles. The summed E-state index contributed by atoms with van der Waals surface area (Å²) in [5, 5.41) is 3.29. The molecule has 6 nitrogen and oxygen atoms in total. The molecule has 0 spiro atoms. The van der Waals surface area contributed by atoms with Crippen molar-refractivity contribution < 1.29 is 4.74 Å². The second-order valence-corrected chi connectivity index (χ2v) is 4.89. The van der Waals surface area contributed by atoms with Gasteiger partial charge >= 0.3 is 0 Å². The van der Waals surface area contributed by atoms with Crippen LogP contribution in [0.15, 0.2) is 36.7 Å². The number of benzene rings is 1. The van der Waals surface area contributed by atoms with Crippen molar-refractivity contribution in [3.63, 3.8) is 0 Å². The highest BCUT2D eigenvalue weighted by atomic mass is 16.5. The molecular weight excluding hydrogens is 266 g/mol. The molecule has 0 unspecified atom stereocenters. The van der Waals surface area contributed by atoms with Crippen LogP contribution in [0.3, 0.4) is 0 Å². The molecule has 1 saturated heterocycles. The predicted octanol–water partition coefficient (Wildman–Crippen LogP) is 1.52. The van der Waals surface area contributed by atoms with Crippen molar-refractivity contribution in [3.05, 3.63) is 42.2 Å². The van der Waals surface area contributed by atoms with E-state index in [1.54, 1.807) is 6.33 Å². The van der Waals surface area contributed by atoms with Crippen molar-refractivity contribution >= 4 is 17.3 Å². The minimum Gasteiger partial charge on any atom is -0.378 e. The molecule has 0 aliphatic carbocycles. The largest absolute Gasteiger partial charge is 0.378 e. The summed E-state index contributed by atoms with van der Waals surface area (Å²) >= 11 is 0. The lowest BCUT2D eigenvalue weighted by atomic mass is 10.2. The summed E-state index contributed by atoms with van der Waals surface area (Å²) in [5.74, 6) is 1.70. The number of nitrogens with zero attached hydrogens (tertiary/aromatic N) is 3. The van der Waals surface area contributed by atoms with Gasteiger partial charge in [-0.05, 0) is 17.7 Å². The number of aromatic nitrogens is 2. The van der Waals surface area contributed by atoms with Gasteiger partial charge in [0.1, 0.15) is 18.0 Å². The number of nitrogens with one attached hydrogen (secondary N) is 1. The standard InChI is InChI=1S/C15H19N5O/c16-10-12-2-1-3-13(8-12)19-14-9-15(18-11-17-14)20-4-6-21-7-5-20/h1-3,8-9,11H,4-7,10,16H2,(H,17,18,19). The van der Waals surface area contributed by atoms with Gasteiger partial charge in [-0.2, -0.15) is 0 Å². The van der Waals surface area contributed by atoms with Crippen molar-refractivity contribution in [2.75, 3.05) is 36.5 Å². The van der Waals surface area contributed by atoms with Crippen LogP contribution in [-0.4, -0.2) is 36.3 Å². The zero-order valence-corrected chi connectivity index (χ0v) is 11.8. The van der Waals surface area contributed by atoms with E-state index in [9.17, 15) is 0 Å². The highest BCUT2D eigenvalue weighted by Gasteiger charge is 2.13. The highest BCUT2D eigenvalue weighted by Crippen LogP contribution is 2.19. The van der Waals surface area contributed by atoms with Crippen molar-refractivity contribution in [1.82, 2.24) is 9.97 Å². The van der Waals surface area contributed by atoms with Crippen molar-refractivity contribution in [2.45, 2.75) is 6.54 Å². The SMILES string of the molecule is NCc1cccc(Nc2cc(N3CCOCC3)ncn2)c1. The Morgan fingerprint density at radius 1 is 1.19 bits per heavy atom. The Kier molecular flexibility index (Phi) is 4.28. The van der Waals surface area contributed by atoms with E-state index in [4.69, 9.17) is 10.5 Å². The van der Waals surface area contributed by atoms with Gasteiger partial charge in [0.25, 0.3) is 0 Å². The summed E-state index contributed by atoms with van der Waals surface area (Å²) in [6.45, 7) is 3.73. The van der Waals surface area contributed by atoms with Gasteiger partial charge in [0.05, 0.1) is 13.2 Å². The van der Waals surface area contributed by atoms with Crippen LogP contribution < -0.4 is 16.0 Å². The number of morpholine rings is 1. The van der Waals surface area contributed by atoms with Gasteiger partial charge in [-0.1, -0.05) is 12.1 Å². The van der Waals surface area contributed by atoms with Crippen LogP contribution in [0.4, 0.5) is 17.3 Å². The lowest BCUT2D eigenvalue weighted by Gasteiger charge is -2.27. The Hall–Kier alpha value is -2.18. The number of hydrogen-bond acceptors (Lipinski definition) is 6. The fraction of sp³-hybridized carbons (Fsp3) is 0.333. The molecule has 1 aromatic heterocycles. The molecule has 110 valence electrons. The summed E-state index contributed by atoms with van der Waals surface area (Å²) in [7, 11) is 0. The summed E-state index contributed by atoms with van der Waals surface area (Å²) in [6, 6.07) is 9.96. The van der Waals surface area contributed by atoms with Gasteiger partial charge in [0.15, 0.2) is 0 Å². The van der Waals surface area contributed by atoms with Crippen LogP contribution in [0.1, 0.15) is 5.56 Å². The molecule has 2 aromatic rings. The first kappa shape index (κ1) is 13.8. The lowest BCUT2D eigenvalue weighted by molar-refractivity contribution is 0.122. The fourth-order valence-corrected chi connectivity index (χ4v) is 2.30. The Bertz CT molecular complexity index is 598. The summed E-state index contributed by atoms with van der Waals surface area (Å²) in [5.41, 5.74) is 7.72. The van der Waals surface area contributed by atoms with E-state index < -0.39 is 0 Å².